The molecule has 1 aliphatic heterocycles. The number of rotatable bonds is 5. The third-order valence-corrected chi connectivity index (χ3v) is 3.97. The number of aromatic nitrogens is 3. The molecule has 0 saturated carbocycles. The number of ether oxygens (including phenoxy) is 2. The number of nitrogens with zero attached hydrogens (tertiary/aromatic N) is 3. The first kappa shape index (κ1) is 14.8. The largest absolute Gasteiger partial charge is 0.493 e. The zero-order valence-corrected chi connectivity index (χ0v) is 13.4. The van der Waals surface area contributed by atoms with E-state index in [2.05, 4.69) is 20.3 Å². The van der Waals surface area contributed by atoms with Crippen LogP contribution in [0.3, 0.4) is 0 Å². The molecule has 0 atom stereocenters. The molecule has 1 fully saturated rings. The van der Waals surface area contributed by atoms with Crippen LogP contribution in [-0.4, -0.2) is 34.8 Å². The summed E-state index contributed by atoms with van der Waals surface area (Å²) in [5.41, 5.74) is 0.811. The van der Waals surface area contributed by atoms with Gasteiger partial charge in [0.2, 0.25) is 0 Å². The normalized spacial score (nSPS) is 14.4. The minimum atomic E-state index is 0.511. The van der Waals surface area contributed by atoms with Gasteiger partial charge < -0.3 is 14.8 Å². The lowest BCUT2D eigenvalue weighted by atomic mass is 10.1. The summed E-state index contributed by atoms with van der Waals surface area (Å²) in [6, 6.07) is 8.01. The minimum Gasteiger partial charge on any atom is -0.493 e. The molecule has 4 rings (SSSR count). The highest BCUT2D eigenvalue weighted by Crippen LogP contribution is 2.27. The van der Waals surface area contributed by atoms with Crippen molar-refractivity contribution in [1.82, 2.24) is 15.0 Å². The number of pyridine rings is 1. The molecule has 2 aromatic heterocycles. The molecule has 1 N–H and O–H groups in total. The molecule has 0 amide bonds. The summed E-state index contributed by atoms with van der Waals surface area (Å²) in [6.45, 7) is 4.15. The van der Waals surface area contributed by atoms with Gasteiger partial charge in [-0.1, -0.05) is 0 Å². The van der Waals surface area contributed by atoms with Crippen molar-refractivity contribution in [1.29, 1.82) is 0 Å². The van der Waals surface area contributed by atoms with Crippen LogP contribution in [0.5, 0.6) is 5.75 Å². The number of fused-ring (bicyclic) bond motifs is 1. The second-order valence-corrected chi connectivity index (χ2v) is 5.90. The molecule has 1 aliphatic rings. The van der Waals surface area contributed by atoms with E-state index in [1.807, 2.05) is 31.2 Å². The summed E-state index contributed by atoms with van der Waals surface area (Å²) in [6.07, 6.45) is 5.28. The summed E-state index contributed by atoms with van der Waals surface area (Å²) >= 11 is 0. The fourth-order valence-electron chi connectivity index (χ4n) is 2.53. The minimum absolute atomic E-state index is 0.511. The molecule has 122 valence electrons. The van der Waals surface area contributed by atoms with E-state index in [0.29, 0.717) is 12.5 Å². The molecule has 1 aromatic carbocycles. The zero-order chi connectivity index (χ0) is 16.4. The van der Waals surface area contributed by atoms with Gasteiger partial charge in [0.1, 0.15) is 17.4 Å². The van der Waals surface area contributed by atoms with Crippen molar-refractivity contribution >= 4 is 22.3 Å². The quantitative estimate of drug-likeness (QED) is 0.778. The summed E-state index contributed by atoms with van der Waals surface area (Å²) in [4.78, 5) is 12.8. The molecule has 0 spiro atoms. The number of benzene rings is 1. The van der Waals surface area contributed by atoms with Crippen LogP contribution in [0.4, 0.5) is 11.5 Å². The molecule has 0 radical (unpaired) electrons. The first-order chi connectivity index (χ1) is 11.8. The van der Waals surface area contributed by atoms with Gasteiger partial charge in [0.25, 0.3) is 0 Å². The molecule has 3 aromatic rings. The highest BCUT2D eigenvalue weighted by Gasteiger charge is 2.18. The van der Waals surface area contributed by atoms with Crippen LogP contribution in [0.2, 0.25) is 0 Å². The molecule has 6 heteroatoms. The van der Waals surface area contributed by atoms with Crippen molar-refractivity contribution < 1.29 is 9.47 Å². The fraction of sp³-hybridized carbons (Fsp3) is 0.278. The zero-order valence-electron chi connectivity index (χ0n) is 13.4. The van der Waals surface area contributed by atoms with Gasteiger partial charge in [0.15, 0.2) is 0 Å². The molecule has 6 nitrogen and oxygen atoms in total. The standard InChI is InChI=1S/C18H18N4O2/c1-12-20-7-15(8-21-12)22-18-17-3-2-16(6-14(17)4-5-19-18)24-11-13-9-23-10-13/h2-8,13H,9-11H2,1H3,(H,19,22). The monoisotopic (exact) mass is 322 g/mol. The topological polar surface area (TPSA) is 69.2 Å². The van der Waals surface area contributed by atoms with Crippen molar-refractivity contribution in [3.05, 3.63) is 48.7 Å². The van der Waals surface area contributed by atoms with Gasteiger partial charge >= 0.3 is 0 Å². The van der Waals surface area contributed by atoms with Crippen LogP contribution in [0, 0.1) is 12.8 Å². The third-order valence-electron chi connectivity index (χ3n) is 3.97. The molecular weight excluding hydrogens is 304 g/mol. The summed E-state index contributed by atoms with van der Waals surface area (Å²) in [5.74, 6) is 2.89. The lowest BCUT2D eigenvalue weighted by molar-refractivity contribution is -0.0508. The van der Waals surface area contributed by atoms with Crippen molar-refractivity contribution in [2.24, 2.45) is 5.92 Å². The Balaban J connectivity index is 1.56. The molecule has 0 bridgehead atoms. The SMILES string of the molecule is Cc1ncc(Nc2nccc3cc(OCC4COC4)ccc23)cn1. The van der Waals surface area contributed by atoms with Crippen LogP contribution in [0.15, 0.2) is 42.9 Å². The summed E-state index contributed by atoms with van der Waals surface area (Å²) in [5, 5.41) is 5.37. The van der Waals surface area contributed by atoms with E-state index in [1.165, 1.54) is 0 Å². The smallest absolute Gasteiger partial charge is 0.138 e. The third kappa shape index (κ3) is 3.14. The Morgan fingerprint density at radius 3 is 2.75 bits per heavy atom. The number of aryl methyl sites for hydroxylation is 1. The number of nitrogens with one attached hydrogen (secondary N) is 1. The highest BCUT2D eigenvalue weighted by molar-refractivity contribution is 5.93. The average molecular weight is 322 g/mol. The van der Waals surface area contributed by atoms with Crippen LogP contribution >= 0.6 is 0 Å². The summed E-state index contributed by atoms with van der Waals surface area (Å²) in [7, 11) is 0. The molecular formula is C18H18N4O2. The van der Waals surface area contributed by atoms with Gasteiger partial charge in [-0.3, -0.25) is 0 Å². The fourth-order valence-corrected chi connectivity index (χ4v) is 2.53. The molecule has 0 aliphatic carbocycles. The Hall–Kier alpha value is -2.73. The van der Waals surface area contributed by atoms with E-state index in [-0.39, 0.29) is 0 Å². The number of anilines is 2. The predicted octanol–water partition coefficient (Wildman–Crippen LogP) is 3.10. The molecule has 0 unspecified atom stereocenters. The Labute approximate surface area is 139 Å². The average Bonchev–Trinajstić information content (AvgIpc) is 2.56. The first-order valence-corrected chi connectivity index (χ1v) is 7.93. The van der Waals surface area contributed by atoms with Crippen LogP contribution in [-0.2, 0) is 4.74 Å². The summed E-state index contributed by atoms with van der Waals surface area (Å²) < 4.78 is 11.0. The second-order valence-electron chi connectivity index (χ2n) is 5.90. The van der Waals surface area contributed by atoms with Gasteiger partial charge in [0.05, 0.1) is 37.9 Å². The van der Waals surface area contributed by atoms with Crippen LogP contribution < -0.4 is 10.1 Å². The lowest BCUT2D eigenvalue weighted by Crippen LogP contribution is -2.32. The van der Waals surface area contributed by atoms with E-state index >= 15 is 0 Å². The van der Waals surface area contributed by atoms with Gasteiger partial charge in [-0.25, -0.2) is 15.0 Å². The van der Waals surface area contributed by atoms with Gasteiger partial charge in [-0.15, -0.1) is 0 Å². The highest BCUT2D eigenvalue weighted by atomic mass is 16.5. The number of hydrogen-bond acceptors (Lipinski definition) is 6. The van der Waals surface area contributed by atoms with E-state index in [0.717, 1.165) is 47.1 Å². The predicted molar refractivity (Wildman–Crippen MR) is 91.6 cm³/mol. The number of hydrogen-bond donors (Lipinski definition) is 1. The Kier molecular flexibility index (Phi) is 3.96. The maximum Gasteiger partial charge on any atom is 0.138 e. The van der Waals surface area contributed by atoms with Crippen molar-refractivity contribution in [2.45, 2.75) is 6.92 Å². The maximum absolute atomic E-state index is 5.85. The Bertz CT molecular complexity index is 847. The molecule has 3 heterocycles. The van der Waals surface area contributed by atoms with Crippen LogP contribution in [0.25, 0.3) is 10.8 Å². The maximum atomic E-state index is 5.85. The van der Waals surface area contributed by atoms with Gasteiger partial charge in [0, 0.05) is 17.5 Å². The van der Waals surface area contributed by atoms with Gasteiger partial charge in [-0.05, 0) is 36.6 Å². The Morgan fingerprint density at radius 1 is 1.17 bits per heavy atom. The van der Waals surface area contributed by atoms with E-state index in [9.17, 15) is 0 Å². The van der Waals surface area contributed by atoms with Gasteiger partial charge in [-0.2, -0.15) is 0 Å². The van der Waals surface area contributed by atoms with E-state index < -0.39 is 0 Å². The van der Waals surface area contributed by atoms with Crippen molar-refractivity contribution in [3.63, 3.8) is 0 Å². The van der Waals surface area contributed by atoms with Crippen molar-refractivity contribution in [2.75, 3.05) is 25.1 Å². The lowest BCUT2D eigenvalue weighted by Gasteiger charge is -2.25. The second kappa shape index (κ2) is 6.41. The molecule has 24 heavy (non-hydrogen) atoms. The molecule has 1 saturated heterocycles. The van der Waals surface area contributed by atoms with Crippen LogP contribution in [0.1, 0.15) is 5.82 Å². The van der Waals surface area contributed by atoms with E-state index in [1.54, 1.807) is 18.6 Å². The Morgan fingerprint density at radius 2 is 2.00 bits per heavy atom. The first-order valence-electron chi connectivity index (χ1n) is 7.93. The van der Waals surface area contributed by atoms with E-state index in [4.69, 9.17) is 9.47 Å². The van der Waals surface area contributed by atoms with Crippen molar-refractivity contribution in [3.8, 4) is 5.75 Å².